The Bertz CT molecular complexity index is 2210. The van der Waals surface area contributed by atoms with Crippen LogP contribution in [-0.4, -0.2) is 15.9 Å². The molecule has 9 rings (SSSR count). The Kier molecular flexibility index (Phi) is 11.3. The first kappa shape index (κ1) is 37.4. The fraction of sp³-hybridized carbons (Fsp3) is 0.319. The second kappa shape index (κ2) is 15.7. The molecule has 5 heteroatoms. The number of fused-ring (bicyclic) bond motifs is 2. The van der Waals surface area contributed by atoms with Crippen molar-refractivity contribution in [3.63, 3.8) is 0 Å². The van der Waals surface area contributed by atoms with Crippen LogP contribution in [0.4, 0.5) is 0 Å². The van der Waals surface area contributed by atoms with Gasteiger partial charge in [-0.2, -0.15) is 0 Å². The molecule has 0 spiro atoms. The van der Waals surface area contributed by atoms with Gasteiger partial charge in [-0.15, -0.1) is 29.1 Å². The molecule has 2 aromatic heterocycles. The maximum atomic E-state index is 11.7. The second-order valence-electron chi connectivity index (χ2n) is 14.4. The number of allylic oxidation sites excluding steroid dienone is 2. The first-order valence-corrected chi connectivity index (χ1v) is 18.8. The SMILES string of the molecule is CC(C)c1cc(-c2nccc3c4c(oc23)C2c3ccccc3C4c3ccccc32)[c-]c2ccccc12.CCC(CC)C(=O)/C=C(\O)C(CC)CC.[Ir]. The molecule has 0 unspecified atom stereocenters. The van der Waals surface area contributed by atoms with E-state index in [4.69, 9.17) is 9.40 Å². The first-order valence-electron chi connectivity index (χ1n) is 18.8. The Labute approximate surface area is 321 Å². The van der Waals surface area contributed by atoms with Crippen molar-refractivity contribution in [1.29, 1.82) is 0 Å². The van der Waals surface area contributed by atoms with Crippen molar-refractivity contribution in [2.75, 3.05) is 0 Å². The number of carbonyl (C=O) groups is 1. The van der Waals surface area contributed by atoms with Crippen molar-refractivity contribution < 1.29 is 34.4 Å². The Morgan fingerprint density at radius 3 is 1.92 bits per heavy atom. The zero-order valence-corrected chi connectivity index (χ0v) is 33.4. The Balaban J connectivity index is 0.000000250. The molecule has 0 atom stereocenters. The number of pyridine rings is 1. The quantitative estimate of drug-likeness (QED) is 0.0892. The fourth-order valence-electron chi connectivity index (χ4n) is 8.41. The van der Waals surface area contributed by atoms with Crippen LogP contribution >= 0.6 is 0 Å². The molecule has 2 heterocycles. The fourth-order valence-corrected chi connectivity index (χ4v) is 8.41. The Hall–Kier alpha value is -4.31. The molecular weight excluding hydrogens is 819 g/mol. The van der Waals surface area contributed by atoms with E-state index in [2.05, 4.69) is 105 Å². The normalized spacial score (nSPS) is 15.7. The minimum absolute atomic E-state index is 0. The molecule has 6 aromatic rings. The summed E-state index contributed by atoms with van der Waals surface area (Å²) in [5, 5.41) is 13.3. The van der Waals surface area contributed by atoms with Crippen molar-refractivity contribution in [2.24, 2.45) is 11.8 Å². The molecule has 2 bridgehead atoms. The molecule has 1 N–H and O–H groups in total. The van der Waals surface area contributed by atoms with E-state index in [9.17, 15) is 9.90 Å². The topological polar surface area (TPSA) is 63.3 Å². The third-order valence-electron chi connectivity index (χ3n) is 11.2. The number of rotatable bonds is 9. The van der Waals surface area contributed by atoms with Gasteiger partial charge >= 0.3 is 0 Å². The number of hydrogen-bond donors (Lipinski definition) is 1. The molecule has 0 saturated carbocycles. The van der Waals surface area contributed by atoms with Crippen LogP contribution in [0.1, 0.15) is 124 Å². The number of carbonyl (C=O) groups excluding carboxylic acids is 1. The largest absolute Gasteiger partial charge is 0.512 e. The monoisotopic (exact) mass is 867 g/mol. The predicted octanol–water partition coefficient (Wildman–Crippen LogP) is 12.4. The van der Waals surface area contributed by atoms with E-state index in [-0.39, 0.29) is 55.3 Å². The van der Waals surface area contributed by atoms with Gasteiger partial charge in [-0.3, -0.25) is 9.78 Å². The van der Waals surface area contributed by atoms with E-state index < -0.39 is 0 Å². The van der Waals surface area contributed by atoms with Gasteiger partial charge < -0.3 is 9.52 Å². The predicted molar refractivity (Wildman–Crippen MR) is 209 cm³/mol. The summed E-state index contributed by atoms with van der Waals surface area (Å²) in [5.74, 6) is 2.31. The summed E-state index contributed by atoms with van der Waals surface area (Å²) >= 11 is 0. The molecule has 0 saturated heterocycles. The van der Waals surface area contributed by atoms with E-state index in [1.165, 1.54) is 50.2 Å². The molecule has 4 nitrogen and oxygen atoms in total. The minimum Gasteiger partial charge on any atom is -0.512 e. The average Bonchev–Trinajstić information content (AvgIpc) is 3.56. The van der Waals surface area contributed by atoms with Gasteiger partial charge in [0.05, 0.1) is 11.7 Å². The maximum Gasteiger partial charge on any atom is 0.162 e. The molecule has 269 valence electrons. The number of aliphatic hydroxyl groups is 1. The summed E-state index contributed by atoms with van der Waals surface area (Å²) in [4.78, 5) is 16.6. The number of aliphatic hydroxyl groups excluding tert-OH is 1. The molecule has 0 aliphatic heterocycles. The number of aromatic nitrogens is 1. The number of hydrogen-bond acceptors (Lipinski definition) is 4. The van der Waals surface area contributed by atoms with Crippen molar-refractivity contribution in [3.05, 3.63) is 148 Å². The molecule has 4 aromatic carbocycles. The number of ketones is 1. The van der Waals surface area contributed by atoms with Crippen LogP contribution in [0.5, 0.6) is 0 Å². The van der Waals surface area contributed by atoms with E-state index in [0.717, 1.165) is 53.7 Å². The van der Waals surface area contributed by atoms with Crippen molar-refractivity contribution in [2.45, 2.75) is 85.0 Å². The molecule has 1 radical (unpaired) electrons. The van der Waals surface area contributed by atoms with Crippen molar-refractivity contribution >= 4 is 27.5 Å². The molecule has 3 aliphatic rings. The van der Waals surface area contributed by atoms with E-state index >= 15 is 0 Å². The van der Waals surface area contributed by atoms with Crippen LogP contribution < -0.4 is 0 Å². The van der Waals surface area contributed by atoms with Crippen molar-refractivity contribution in [1.82, 2.24) is 4.98 Å². The minimum atomic E-state index is 0. The smallest absolute Gasteiger partial charge is 0.162 e. The van der Waals surface area contributed by atoms with Gasteiger partial charge in [0, 0.05) is 66.8 Å². The molecular formula is C47H48IrNO3-. The summed E-state index contributed by atoms with van der Waals surface area (Å²) < 4.78 is 6.85. The summed E-state index contributed by atoms with van der Waals surface area (Å²) in [6.45, 7) is 12.6. The number of furan rings is 1. The van der Waals surface area contributed by atoms with Gasteiger partial charge in [0.1, 0.15) is 11.3 Å². The van der Waals surface area contributed by atoms with Crippen LogP contribution in [0.2, 0.25) is 0 Å². The third kappa shape index (κ3) is 6.48. The van der Waals surface area contributed by atoms with E-state index in [1.807, 2.05) is 33.9 Å². The van der Waals surface area contributed by atoms with Crippen LogP contribution in [-0.2, 0) is 24.9 Å². The van der Waals surface area contributed by atoms with Gasteiger partial charge in [-0.1, -0.05) is 119 Å². The zero-order valence-electron chi connectivity index (χ0n) is 31.0. The third-order valence-corrected chi connectivity index (χ3v) is 11.2. The first-order chi connectivity index (χ1) is 24.8. The van der Waals surface area contributed by atoms with Crippen LogP contribution in [0.25, 0.3) is 33.0 Å². The molecule has 52 heavy (non-hydrogen) atoms. The van der Waals surface area contributed by atoms with Crippen LogP contribution in [0.15, 0.2) is 107 Å². The van der Waals surface area contributed by atoms with Gasteiger partial charge in [0.15, 0.2) is 5.78 Å². The van der Waals surface area contributed by atoms with Gasteiger partial charge in [-0.25, -0.2) is 0 Å². The number of benzene rings is 4. The van der Waals surface area contributed by atoms with Crippen molar-refractivity contribution in [3.8, 4) is 11.3 Å². The Morgan fingerprint density at radius 1 is 0.788 bits per heavy atom. The second-order valence-corrected chi connectivity index (χ2v) is 14.4. The summed E-state index contributed by atoms with van der Waals surface area (Å²) in [6, 6.07) is 34.3. The zero-order chi connectivity index (χ0) is 35.8. The van der Waals surface area contributed by atoms with Gasteiger partial charge in [0.25, 0.3) is 0 Å². The van der Waals surface area contributed by atoms with Gasteiger partial charge in [0.2, 0.25) is 0 Å². The van der Waals surface area contributed by atoms with E-state index in [0.29, 0.717) is 5.92 Å². The summed E-state index contributed by atoms with van der Waals surface area (Å²) in [5.41, 5.74) is 10.9. The summed E-state index contributed by atoms with van der Waals surface area (Å²) in [7, 11) is 0. The van der Waals surface area contributed by atoms with E-state index in [1.54, 1.807) is 0 Å². The van der Waals surface area contributed by atoms with Crippen LogP contribution in [0, 0.1) is 17.9 Å². The summed E-state index contributed by atoms with van der Waals surface area (Å²) in [6.07, 6.45) is 6.84. The van der Waals surface area contributed by atoms with Crippen LogP contribution in [0.3, 0.4) is 0 Å². The molecule has 0 amide bonds. The maximum absolute atomic E-state index is 11.7. The number of nitrogens with zero attached hydrogens (tertiary/aromatic N) is 1. The molecule has 0 fully saturated rings. The standard InChI is InChI=1S/C34H24NO.C13H24O2.Ir/c1-19(2)28-18-21(17-20-9-3-4-10-22(20)28)32-33-27(15-16-35-32)31-29-23-11-5-7-13-25(23)30(34(31)36-33)26-14-8-6-12-24(26)29;1-5-10(6-2)12(14)9-13(15)11(7-3)8-4;/h3-16,18-19,29-30H,1-2H3;9-11,14H,5-8H2,1-4H3;/q-1;;/b;12-9-;. The average molecular weight is 867 g/mol. The van der Waals surface area contributed by atoms with Gasteiger partial charge in [-0.05, 0) is 59.9 Å². The Morgan fingerprint density at radius 2 is 1.35 bits per heavy atom. The molecule has 3 aliphatic carbocycles.